The van der Waals surface area contributed by atoms with Crippen molar-refractivity contribution in [2.45, 2.75) is 120 Å². The number of carbonyl (C=O) groups excluding carboxylic acids is 3. The third-order valence-corrected chi connectivity index (χ3v) is 7.62. The number of rotatable bonds is 4. The molecule has 162 valence electrons. The lowest BCUT2D eigenvalue weighted by Crippen LogP contribution is -2.71. The SMILES string of the molecule is O=C(NC1CCCCC1)C1C(=O)NC2CCCCC2N1C(=O)CC1CCCCC1. The fraction of sp³-hybridized carbons (Fsp3) is 0.870. The van der Waals surface area contributed by atoms with Crippen LogP contribution in [0.3, 0.4) is 0 Å². The molecule has 0 aromatic carbocycles. The smallest absolute Gasteiger partial charge is 0.252 e. The van der Waals surface area contributed by atoms with E-state index in [9.17, 15) is 14.4 Å². The van der Waals surface area contributed by atoms with Gasteiger partial charge in [0.15, 0.2) is 6.04 Å². The Balaban J connectivity index is 1.51. The van der Waals surface area contributed by atoms with Gasteiger partial charge in [0.2, 0.25) is 5.91 Å². The Labute approximate surface area is 174 Å². The standard InChI is InChI=1S/C23H37N3O3/c27-20(15-16-9-3-1-4-10-16)26-19-14-8-7-13-18(19)25-23(29)21(26)22(28)24-17-11-5-2-6-12-17/h16-19,21H,1-15H2,(H,24,28)(H,25,29). The highest BCUT2D eigenvalue weighted by Crippen LogP contribution is 2.32. The molecule has 4 fully saturated rings. The van der Waals surface area contributed by atoms with Gasteiger partial charge in [0.05, 0.1) is 6.04 Å². The van der Waals surface area contributed by atoms with E-state index in [0.717, 1.165) is 64.2 Å². The maximum atomic E-state index is 13.4. The first-order chi connectivity index (χ1) is 14.1. The summed E-state index contributed by atoms with van der Waals surface area (Å²) in [4.78, 5) is 41.3. The van der Waals surface area contributed by atoms with Gasteiger partial charge in [0.1, 0.15) is 0 Å². The zero-order chi connectivity index (χ0) is 20.2. The molecule has 3 aliphatic carbocycles. The van der Waals surface area contributed by atoms with Gasteiger partial charge in [-0.2, -0.15) is 0 Å². The molecule has 1 heterocycles. The Kier molecular flexibility index (Phi) is 6.76. The second kappa shape index (κ2) is 9.48. The van der Waals surface area contributed by atoms with Gasteiger partial charge in [-0.05, 0) is 44.4 Å². The molecule has 6 nitrogen and oxygen atoms in total. The second-order valence-electron chi connectivity index (χ2n) is 9.72. The molecule has 3 unspecified atom stereocenters. The minimum absolute atomic E-state index is 0.00489. The van der Waals surface area contributed by atoms with E-state index in [1.165, 1.54) is 25.7 Å². The Morgan fingerprint density at radius 1 is 0.862 bits per heavy atom. The van der Waals surface area contributed by atoms with Crippen molar-refractivity contribution in [2.75, 3.05) is 0 Å². The van der Waals surface area contributed by atoms with E-state index >= 15 is 0 Å². The summed E-state index contributed by atoms with van der Waals surface area (Å²) in [6.07, 6.45) is 15.6. The normalized spacial score (nSPS) is 31.7. The molecule has 1 saturated heterocycles. The molecule has 1 aliphatic heterocycles. The van der Waals surface area contributed by atoms with Gasteiger partial charge in [-0.3, -0.25) is 14.4 Å². The van der Waals surface area contributed by atoms with Crippen molar-refractivity contribution in [3.63, 3.8) is 0 Å². The fourth-order valence-corrected chi connectivity index (χ4v) is 6.04. The number of fused-ring (bicyclic) bond motifs is 1. The maximum Gasteiger partial charge on any atom is 0.252 e. The highest BCUT2D eigenvalue weighted by molar-refractivity contribution is 6.08. The van der Waals surface area contributed by atoms with Crippen LogP contribution in [0.1, 0.15) is 96.3 Å². The minimum Gasteiger partial charge on any atom is -0.351 e. The number of nitrogens with one attached hydrogen (secondary N) is 2. The van der Waals surface area contributed by atoms with Crippen molar-refractivity contribution in [2.24, 2.45) is 5.92 Å². The predicted octanol–water partition coefficient (Wildman–Crippen LogP) is 3.04. The topological polar surface area (TPSA) is 78.5 Å². The van der Waals surface area contributed by atoms with E-state index in [4.69, 9.17) is 0 Å². The third kappa shape index (κ3) is 4.77. The highest BCUT2D eigenvalue weighted by Gasteiger charge is 2.48. The summed E-state index contributed by atoms with van der Waals surface area (Å²) in [7, 11) is 0. The lowest BCUT2D eigenvalue weighted by atomic mass is 9.83. The molecule has 0 aromatic rings. The molecular formula is C23H37N3O3. The molecule has 6 heteroatoms. The van der Waals surface area contributed by atoms with Crippen LogP contribution in [0.4, 0.5) is 0 Å². The Hall–Kier alpha value is -1.59. The number of hydrogen-bond donors (Lipinski definition) is 2. The highest BCUT2D eigenvalue weighted by atomic mass is 16.2. The molecule has 0 aromatic heterocycles. The van der Waals surface area contributed by atoms with Crippen molar-refractivity contribution in [1.29, 1.82) is 0 Å². The third-order valence-electron chi connectivity index (χ3n) is 7.62. The summed E-state index contributed by atoms with van der Waals surface area (Å²) >= 11 is 0. The van der Waals surface area contributed by atoms with Crippen molar-refractivity contribution < 1.29 is 14.4 Å². The predicted molar refractivity (Wildman–Crippen MR) is 111 cm³/mol. The molecule has 0 bridgehead atoms. The molecule has 4 aliphatic rings. The second-order valence-corrected chi connectivity index (χ2v) is 9.72. The van der Waals surface area contributed by atoms with E-state index in [1.807, 2.05) is 0 Å². The van der Waals surface area contributed by atoms with E-state index in [1.54, 1.807) is 4.90 Å². The summed E-state index contributed by atoms with van der Waals surface area (Å²) in [6.45, 7) is 0. The minimum atomic E-state index is -0.993. The summed E-state index contributed by atoms with van der Waals surface area (Å²) in [5.41, 5.74) is 0. The van der Waals surface area contributed by atoms with Crippen LogP contribution in [0.25, 0.3) is 0 Å². The average molecular weight is 404 g/mol. The number of amides is 3. The van der Waals surface area contributed by atoms with Gasteiger partial charge in [0, 0.05) is 18.5 Å². The van der Waals surface area contributed by atoms with Gasteiger partial charge in [0.25, 0.3) is 11.8 Å². The van der Waals surface area contributed by atoms with Crippen LogP contribution in [0.15, 0.2) is 0 Å². The molecule has 3 saturated carbocycles. The van der Waals surface area contributed by atoms with Gasteiger partial charge < -0.3 is 15.5 Å². The fourth-order valence-electron chi connectivity index (χ4n) is 6.04. The lowest BCUT2D eigenvalue weighted by Gasteiger charge is -2.48. The number of piperazine rings is 1. The molecule has 29 heavy (non-hydrogen) atoms. The zero-order valence-electron chi connectivity index (χ0n) is 17.7. The van der Waals surface area contributed by atoms with Crippen LogP contribution in [0.2, 0.25) is 0 Å². The Morgan fingerprint density at radius 2 is 1.48 bits per heavy atom. The number of nitrogens with zero attached hydrogens (tertiary/aromatic N) is 1. The van der Waals surface area contributed by atoms with Crippen molar-refractivity contribution in [3.05, 3.63) is 0 Å². The zero-order valence-corrected chi connectivity index (χ0v) is 17.7. The largest absolute Gasteiger partial charge is 0.351 e. The summed E-state index contributed by atoms with van der Waals surface area (Å²) < 4.78 is 0. The Morgan fingerprint density at radius 3 is 2.21 bits per heavy atom. The van der Waals surface area contributed by atoms with E-state index in [0.29, 0.717) is 12.3 Å². The molecular weight excluding hydrogens is 366 g/mol. The molecule has 0 spiro atoms. The first-order valence-electron chi connectivity index (χ1n) is 12.1. The van der Waals surface area contributed by atoms with Crippen LogP contribution >= 0.6 is 0 Å². The van der Waals surface area contributed by atoms with E-state index < -0.39 is 6.04 Å². The van der Waals surface area contributed by atoms with Crippen molar-refractivity contribution in [1.82, 2.24) is 15.5 Å². The number of hydrogen-bond acceptors (Lipinski definition) is 3. The number of carbonyl (C=O) groups is 3. The molecule has 0 radical (unpaired) electrons. The van der Waals surface area contributed by atoms with Crippen LogP contribution in [0, 0.1) is 5.92 Å². The van der Waals surface area contributed by atoms with E-state index in [2.05, 4.69) is 10.6 Å². The molecule has 4 rings (SSSR count). The summed E-state index contributed by atoms with van der Waals surface area (Å²) in [5, 5.41) is 6.19. The molecule has 3 amide bonds. The summed E-state index contributed by atoms with van der Waals surface area (Å²) in [5.74, 6) is -0.119. The van der Waals surface area contributed by atoms with Gasteiger partial charge >= 0.3 is 0 Å². The Bertz CT molecular complexity index is 610. The van der Waals surface area contributed by atoms with Crippen LogP contribution in [-0.4, -0.2) is 46.8 Å². The maximum absolute atomic E-state index is 13.4. The van der Waals surface area contributed by atoms with Gasteiger partial charge in [-0.25, -0.2) is 0 Å². The summed E-state index contributed by atoms with van der Waals surface area (Å²) in [6, 6.07) is -0.874. The first kappa shape index (κ1) is 20.7. The monoisotopic (exact) mass is 403 g/mol. The molecule has 3 atom stereocenters. The van der Waals surface area contributed by atoms with Crippen LogP contribution in [-0.2, 0) is 14.4 Å². The van der Waals surface area contributed by atoms with Gasteiger partial charge in [-0.15, -0.1) is 0 Å². The van der Waals surface area contributed by atoms with Crippen molar-refractivity contribution in [3.8, 4) is 0 Å². The average Bonchev–Trinajstić information content (AvgIpc) is 2.74. The molecule has 2 N–H and O–H groups in total. The van der Waals surface area contributed by atoms with Crippen LogP contribution < -0.4 is 10.6 Å². The van der Waals surface area contributed by atoms with Gasteiger partial charge in [-0.1, -0.05) is 51.4 Å². The van der Waals surface area contributed by atoms with E-state index in [-0.39, 0.29) is 35.8 Å². The quantitative estimate of drug-likeness (QED) is 0.708. The first-order valence-corrected chi connectivity index (χ1v) is 12.1. The van der Waals surface area contributed by atoms with Crippen molar-refractivity contribution >= 4 is 17.7 Å². The van der Waals surface area contributed by atoms with Crippen LogP contribution in [0.5, 0.6) is 0 Å². The lowest BCUT2D eigenvalue weighted by molar-refractivity contribution is -0.157.